The van der Waals surface area contributed by atoms with Gasteiger partial charge in [0.2, 0.25) is 5.91 Å². The monoisotopic (exact) mass is 343 g/mol. The third-order valence-corrected chi connectivity index (χ3v) is 3.55. The molecule has 0 aliphatic heterocycles. The van der Waals surface area contributed by atoms with Crippen LogP contribution in [0.15, 0.2) is 36.9 Å². The van der Waals surface area contributed by atoms with Gasteiger partial charge in [0.25, 0.3) is 0 Å². The zero-order chi connectivity index (χ0) is 12.7. The molecule has 0 saturated carbocycles. The molecule has 0 aliphatic carbocycles. The molecule has 0 aliphatic rings. The molecule has 1 rings (SSSR count). The zero-order valence-corrected chi connectivity index (χ0v) is 12.3. The number of halogens is 1. The van der Waals surface area contributed by atoms with E-state index in [1.54, 1.807) is 4.90 Å². The van der Waals surface area contributed by atoms with Crippen LogP contribution in [0.5, 0.6) is 0 Å². The quantitative estimate of drug-likeness (QED) is 0.434. The van der Waals surface area contributed by atoms with Crippen molar-refractivity contribution in [1.82, 2.24) is 0 Å². The lowest BCUT2D eigenvalue weighted by Gasteiger charge is -2.18. The number of amides is 1. The van der Waals surface area contributed by atoms with Crippen molar-refractivity contribution in [2.45, 2.75) is 25.7 Å². The second-order valence-electron chi connectivity index (χ2n) is 3.94. The molecule has 0 bridgehead atoms. The Labute approximate surface area is 117 Å². The molecule has 0 atom stereocenters. The van der Waals surface area contributed by atoms with E-state index in [0.717, 1.165) is 28.5 Å². The summed E-state index contributed by atoms with van der Waals surface area (Å²) in [6, 6.07) is 7.92. The van der Waals surface area contributed by atoms with Crippen molar-refractivity contribution in [3.63, 3.8) is 0 Å². The van der Waals surface area contributed by atoms with Gasteiger partial charge in [-0.2, -0.15) is 0 Å². The molecule has 0 spiro atoms. The maximum Gasteiger partial charge on any atom is 0.226 e. The van der Waals surface area contributed by atoms with Gasteiger partial charge in [-0.15, -0.1) is 6.58 Å². The molecule has 0 N–H and O–H groups in total. The molecule has 2 nitrogen and oxygen atoms in total. The SMILES string of the molecule is C=CCCCCC(=O)N(C)c1ccccc1I. The molecular formula is C14H18INO. The number of rotatable bonds is 6. The van der Waals surface area contributed by atoms with Crippen LogP contribution in [0.25, 0.3) is 0 Å². The Hall–Kier alpha value is -0.840. The molecule has 0 fully saturated rings. The van der Waals surface area contributed by atoms with Crippen molar-refractivity contribution in [1.29, 1.82) is 0 Å². The lowest BCUT2D eigenvalue weighted by atomic mass is 10.1. The Morgan fingerprint density at radius 3 is 2.76 bits per heavy atom. The third-order valence-electron chi connectivity index (χ3n) is 2.64. The smallest absolute Gasteiger partial charge is 0.226 e. The van der Waals surface area contributed by atoms with Crippen LogP contribution >= 0.6 is 22.6 Å². The number of carbonyl (C=O) groups excluding carboxylic acids is 1. The maximum atomic E-state index is 12.0. The van der Waals surface area contributed by atoms with E-state index in [2.05, 4.69) is 29.2 Å². The fourth-order valence-electron chi connectivity index (χ4n) is 1.59. The number of carbonyl (C=O) groups is 1. The summed E-state index contributed by atoms with van der Waals surface area (Å²) in [5.74, 6) is 0.179. The molecule has 0 radical (unpaired) electrons. The number of nitrogens with zero attached hydrogens (tertiary/aromatic N) is 1. The average Bonchev–Trinajstić information content (AvgIpc) is 2.34. The fraction of sp³-hybridized carbons (Fsp3) is 0.357. The van der Waals surface area contributed by atoms with Crippen molar-refractivity contribution < 1.29 is 4.79 Å². The van der Waals surface area contributed by atoms with Crippen LogP contribution in [-0.2, 0) is 4.79 Å². The van der Waals surface area contributed by atoms with Crippen LogP contribution in [0, 0.1) is 3.57 Å². The second-order valence-corrected chi connectivity index (χ2v) is 5.10. The number of para-hydroxylation sites is 1. The Morgan fingerprint density at radius 1 is 1.41 bits per heavy atom. The topological polar surface area (TPSA) is 20.3 Å². The van der Waals surface area contributed by atoms with Gasteiger partial charge < -0.3 is 4.90 Å². The lowest BCUT2D eigenvalue weighted by molar-refractivity contribution is -0.118. The minimum atomic E-state index is 0.179. The standard InChI is InChI=1S/C14H18INO/c1-3-4-5-6-11-14(17)16(2)13-10-8-7-9-12(13)15/h3,7-10H,1,4-6,11H2,2H3. The first-order valence-electron chi connectivity index (χ1n) is 5.78. The van der Waals surface area contributed by atoms with Gasteiger partial charge in [-0.05, 0) is 54.0 Å². The summed E-state index contributed by atoms with van der Waals surface area (Å²) in [4.78, 5) is 13.7. The predicted octanol–water partition coefficient (Wildman–Crippen LogP) is 4.00. The van der Waals surface area contributed by atoms with Crippen LogP contribution < -0.4 is 4.90 Å². The Morgan fingerprint density at radius 2 is 2.12 bits per heavy atom. The third kappa shape index (κ3) is 4.50. The first kappa shape index (κ1) is 14.2. The summed E-state index contributed by atoms with van der Waals surface area (Å²) >= 11 is 2.25. The first-order valence-corrected chi connectivity index (χ1v) is 6.86. The number of hydrogen-bond acceptors (Lipinski definition) is 1. The maximum absolute atomic E-state index is 12.0. The number of benzene rings is 1. The summed E-state index contributed by atoms with van der Waals surface area (Å²) in [7, 11) is 1.84. The summed E-state index contributed by atoms with van der Waals surface area (Å²) in [6.45, 7) is 3.68. The van der Waals surface area contributed by atoms with Crippen LogP contribution in [0.1, 0.15) is 25.7 Å². The molecule has 0 heterocycles. The van der Waals surface area contributed by atoms with E-state index in [0.29, 0.717) is 6.42 Å². The van der Waals surface area contributed by atoms with Crippen molar-refractivity contribution >= 4 is 34.2 Å². The summed E-state index contributed by atoms with van der Waals surface area (Å²) in [5.41, 5.74) is 0.988. The molecule has 3 heteroatoms. The van der Waals surface area contributed by atoms with Crippen molar-refractivity contribution in [3.05, 3.63) is 40.5 Å². The number of allylic oxidation sites excluding steroid dienone is 1. The molecule has 1 aromatic carbocycles. The summed E-state index contributed by atoms with van der Waals surface area (Å²) in [6.07, 6.45) is 5.46. The number of unbranched alkanes of at least 4 members (excludes halogenated alkanes) is 2. The van der Waals surface area contributed by atoms with Gasteiger partial charge in [-0.25, -0.2) is 0 Å². The number of hydrogen-bond donors (Lipinski definition) is 0. The fourth-order valence-corrected chi connectivity index (χ4v) is 2.34. The van der Waals surface area contributed by atoms with E-state index >= 15 is 0 Å². The Kier molecular flexibility index (Phi) is 6.26. The van der Waals surface area contributed by atoms with Gasteiger partial charge in [-0.3, -0.25) is 4.79 Å². The minimum Gasteiger partial charge on any atom is -0.314 e. The minimum absolute atomic E-state index is 0.179. The van der Waals surface area contributed by atoms with E-state index < -0.39 is 0 Å². The van der Waals surface area contributed by atoms with Gasteiger partial charge in [0.15, 0.2) is 0 Å². The van der Waals surface area contributed by atoms with Crippen LogP contribution in [0.2, 0.25) is 0 Å². The Balaban J connectivity index is 2.52. The van der Waals surface area contributed by atoms with E-state index in [4.69, 9.17) is 0 Å². The van der Waals surface area contributed by atoms with Crippen molar-refractivity contribution in [2.75, 3.05) is 11.9 Å². The highest BCUT2D eigenvalue weighted by molar-refractivity contribution is 14.1. The van der Waals surface area contributed by atoms with Crippen LogP contribution in [-0.4, -0.2) is 13.0 Å². The molecule has 0 aromatic heterocycles. The molecule has 0 saturated heterocycles. The molecule has 17 heavy (non-hydrogen) atoms. The van der Waals surface area contributed by atoms with E-state index in [1.807, 2.05) is 37.4 Å². The van der Waals surface area contributed by atoms with Gasteiger partial charge in [-0.1, -0.05) is 18.2 Å². The molecule has 1 amide bonds. The molecule has 92 valence electrons. The van der Waals surface area contributed by atoms with E-state index in [-0.39, 0.29) is 5.91 Å². The molecule has 1 aromatic rings. The highest BCUT2D eigenvalue weighted by atomic mass is 127. The summed E-state index contributed by atoms with van der Waals surface area (Å²) < 4.78 is 1.10. The largest absolute Gasteiger partial charge is 0.314 e. The highest BCUT2D eigenvalue weighted by Crippen LogP contribution is 2.21. The van der Waals surface area contributed by atoms with Gasteiger partial charge in [0, 0.05) is 17.0 Å². The molecular weight excluding hydrogens is 325 g/mol. The van der Waals surface area contributed by atoms with Gasteiger partial charge in [0.05, 0.1) is 5.69 Å². The average molecular weight is 343 g/mol. The van der Waals surface area contributed by atoms with Crippen LogP contribution in [0.3, 0.4) is 0 Å². The van der Waals surface area contributed by atoms with E-state index in [1.165, 1.54) is 0 Å². The van der Waals surface area contributed by atoms with Crippen molar-refractivity contribution in [3.8, 4) is 0 Å². The lowest BCUT2D eigenvalue weighted by Crippen LogP contribution is -2.26. The number of anilines is 1. The zero-order valence-electron chi connectivity index (χ0n) is 10.2. The van der Waals surface area contributed by atoms with E-state index in [9.17, 15) is 4.79 Å². The van der Waals surface area contributed by atoms with Crippen molar-refractivity contribution in [2.24, 2.45) is 0 Å². The van der Waals surface area contributed by atoms with Gasteiger partial charge >= 0.3 is 0 Å². The molecule has 0 unspecified atom stereocenters. The Bertz CT molecular complexity index is 390. The second kappa shape index (κ2) is 7.48. The van der Waals surface area contributed by atoms with Crippen LogP contribution in [0.4, 0.5) is 5.69 Å². The predicted molar refractivity (Wildman–Crippen MR) is 81.2 cm³/mol. The highest BCUT2D eigenvalue weighted by Gasteiger charge is 2.12. The normalized spacial score (nSPS) is 10.0. The summed E-state index contributed by atoms with van der Waals surface area (Å²) in [5, 5.41) is 0. The first-order chi connectivity index (χ1) is 8.16. The van der Waals surface area contributed by atoms with Gasteiger partial charge in [0.1, 0.15) is 0 Å².